The van der Waals surface area contributed by atoms with Crippen LogP contribution in [0.3, 0.4) is 0 Å². The van der Waals surface area contributed by atoms with Gasteiger partial charge in [-0.05, 0) is 6.07 Å². The van der Waals surface area contributed by atoms with Gasteiger partial charge in [-0.3, -0.25) is 14.6 Å². The zero-order valence-corrected chi connectivity index (χ0v) is 12.7. The Bertz CT molecular complexity index is 856. The molecule has 0 radical (unpaired) electrons. The number of carbonyl (C=O) groups excluding carboxylic acids is 2. The third-order valence-corrected chi connectivity index (χ3v) is 4.39. The van der Waals surface area contributed by atoms with Gasteiger partial charge in [0.25, 0.3) is 0 Å². The van der Waals surface area contributed by atoms with Crippen LogP contribution in [0, 0.1) is 0 Å². The average Bonchev–Trinajstić information content (AvgIpc) is 3.01. The molecule has 0 unspecified atom stereocenters. The highest BCUT2D eigenvalue weighted by atomic mass is 35.5. The van der Waals surface area contributed by atoms with Gasteiger partial charge in [0.05, 0.1) is 34.2 Å². The molecule has 8 heteroatoms. The van der Waals surface area contributed by atoms with Gasteiger partial charge in [-0.2, -0.15) is 5.10 Å². The molecule has 0 saturated carbocycles. The molecule has 0 N–H and O–H groups in total. The highest BCUT2D eigenvalue weighted by molar-refractivity contribution is 7.20. The monoisotopic (exact) mass is 339 g/mol. The van der Waals surface area contributed by atoms with E-state index in [1.807, 2.05) is 0 Å². The summed E-state index contributed by atoms with van der Waals surface area (Å²) in [7, 11) is 0. The van der Waals surface area contributed by atoms with Gasteiger partial charge in [0.1, 0.15) is 4.34 Å². The maximum atomic E-state index is 12.2. The quantitative estimate of drug-likeness (QED) is 0.538. The standard InChI is InChI=1S/C13H7Cl2N3O2S/c14-12-3-7(13(15)21-12)10(19)4-11(20)8-5-17-18-2-1-16-6-9(8)18/h1-3,5-6H,4H2. The number of Topliss-reactive ketones (excluding diaryl/α,β-unsaturated/α-hetero) is 2. The normalized spacial score (nSPS) is 11.0. The van der Waals surface area contributed by atoms with E-state index in [0.717, 1.165) is 11.3 Å². The molecule has 3 heterocycles. The molecule has 3 aromatic heterocycles. The van der Waals surface area contributed by atoms with E-state index in [4.69, 9.17) is 23.2 Å². The van der Waals surface area contributed by atoms with Crippen molar-refractivity contribution in [3.8, 4) is 0 Å². The van der Waals surface area contributed by atoms with Gasteiger partial charge < -0.3 is 0 Å². The maximum absolute atomic E-state index is 12.2. The fourth-order valence-corrected chi connectivity index (χ4v) is 3.41. The smallest absolute Gasteiger partial charge is 0.174 e. The van der Waals surface area contributed by atoms with Crippen LogP contribution in [0.1, 0.15) is 27.1 Å². The Labute approximate surface area is 133 Å². The fraction of sp³-hybridized carbons (Fsp3) is 0.0769. The molecule has 0 aliphatic carbocycles. The van der Waals surface area contributed by atoms with Crippen molar-refractivity contribution in [3.05, 3.63) is 50.7 Å². The van der Waals surface area contributed by atoms with Gasteiger partial charge in [0.2, 0.25) is 0 Å². The number of fused-ring (bicyclic) bond motifs is 1. The third kappa shape index (κ3) is 2.70. The summed E-state index contributed by atoms with van der Waals surface area (Å²) < 4.78 is 2.23. The Morgan fingerprint density at radius 1 is 1.19 bits per heavy atom. The zero-order valence-electron chi connectivity index (χ0n) is 10.4. The summed E-state index contributed by atoms with van der Waals surface area (Å²) in [4.78, 5) is 28.3. The first-order valence-electron chi connectivity index (χ1n) is 5.85. The van der Waals surface area contributed by atoms with Crippen molar-refractivity contribution in [1.82, 2.24) is 14.6 Å². The first kappa shape index (κ1) is 14.2. The summed E-state index contributed by atoms with van der Waals surface area (Å²) in [5, 5.41) is 4.04. The first-order chi connectivity index (χ1) is 10.1. The van der Waals surface area contributed by atoms with E-state index in [1.54, 1.807) is 12.4 Å². The number of thiophene rings is 1. The Kier molecular flexibility index (Phi) is 3.75. The highest BCUT2D eigenvalue weighted by Gasteiger charge is 2.20. The summed E-state index contributed by atoms with van der Waals surface area (Å²) in [5.74, 6) is -0.697. The van der Waals surface area contributed by atoms with Crippen molar-refractivity contribution in [2.45, 2.75) is 6.42 Å². The average molecular weight is 340 g/mol. The van der Waals surface area contributed by atoms with Crippen LogP contribution in [-0.2, 0) is 0 Å². The Morgan fingerprint density at radius 3 is 2.67 bits per heavy atom. The zero-order chi connectivity index (χ0) is 15.0. The van der Waals surface area contributed by atoms with Crippen LogP contribution in [0.15, 0.2) is 30.9 Å². The predicted molar refractivity (Wildman–Crippen MR) is 80.6 cm³/mol. The van der Waals surface area contributed by atoms with Crippen molar-refractivity contribution < 1.29 is 9.59 Å². The van der Waals surface area contributed by atoms with Crippen molar-refractivity contribution in [2.24, 2.45) is 0 Å². The first-order valence-corrected chi connectivity index (χ1v) is 7.42. The summed E-state index contributed by atoms with van der Waals surface area (Å²) >= 11 is 12.8. The molecule has 0 aliphatic rings. The molecule has 0 atom stereocenters. The molecule has 3 aromatic rings. The Morgan fingerprint density at radius 2 is 1.95 bits per heavy atom. The lowest BCUT2D eigenvalue weighted by Crippen LogP contribution is -2.08. The Hall–Kier alpha value is -1.76. The van der Waals surface area contributed by atoms with E-state index in [2.05, 4.69) is 10.1 Å². The number of carbonyl (C=O) groups is 2. The van der Waals surface area contributed by atoms with Crippen molar-refractivity contribution in [2.75, 3.05) is 0 Å². The molecule has 21 heavy (non-hydrogen) atoms. The molecular formula is C13H7Cl2N3O2S. The lowest BCUT2D eigenvalue weighted by atomic mass is 10.0. The molecule has 0 spiro atoms. The van der Waals surface area contributed by atoms with Crippen molar-refractivity contribution >= 4 is 51.6 Å². The lowest BCUT2D eigenvalue weighted by Gasteiger charge is -1.99. The molecular weight excluding hydrogens is 333 g/mol. The van der Waals surface area contributed by atoms with Crippen LogP contribution in [0.4, 0.5) is 0 Å². The summed E-state index contributed by atoms with van der Waals surface area (Å²) in [6.45, 7) is 0. The molecule has 3 rings (SSSR count). The lowest BCUT2D eigenvalue weighted by molar-refractivity contribution is 0.0895. The summed E-state index contributed by atoms with van der Waals surface area (Å²) in [6, 6.07) is 1.47. The van der Waals surface area contributed by atoms with Gasteiger partial charge >= 0.3 is 0 Å². The van der Waals surface area contributed by atoms with E-state index >= 15 is 0 Å². The van der Waals surface area contributed by atoms with Crippen LogP contribution in [0.25, 0.3) is 5.52 Å². The summed E-state index contributed by atoms with van der Waals surface area (Å²) in [6.07, 6.45) is 5.85. The van der Waals surface area contributed by atoms with Crippen LogP contribution in [0.2, 0.25) is 8.67 Å². The van der Waals surface area contributed by atoms with E-state index < -0.39 is 0 Å². The van der Waals surface area contributed by atoms with Crippen molar-refractivity contribution in [3.63, 3.8) is 0 Å². The van der Waals surface area contributed by atoms with Crippen LogP contribution < -0.4 is 0 Å². The summed E-state index contributed by atoms with van der Waals surface area (Å²) in [5.41, 5.74) is 1.19. The van der Waals surface area contributed by atoms with Crippen LogP contribution in [0.5, 0.6) is 0 Å². The van der Waals surface area contributed by atoms with Crippen molar-refractivity contribution in [1.29, 1.82) is 0 Å². The van der Waals surface area contributed by atoms with Gasteiger partial charge in [0, 0.05) is 18.0 Å². The van der Waals surface area contributed by atoms with E-state index in [1.165, 1.54) is 23.0 Å². The second-order valence-corrected chi connectivity index (χ2v) is 6.51. The minimum absolute atomic E-state index is 0.273. The number of hydrogen-bond donors (Lipinski definition) is 0. The predicted octanol–water partition coefficient (Wildman–Crippen LogP) is 3.55. The highest BCUT2D eigenvalue weighted by Crippen LogP contribution is 2.32. The molecule has 5 nitrogen and oxygen atoms in total. The number of aromatic nitrogens is 3. The number of ketones is 2. The largest absolute Gasteiger partial charge is 0.294 e. The van der Waals surface area contributed by atoms with Gasteiger partial charge in [0.15, 0.2) is 11.6 Å². The minimum Gasteiger partial charge on any atom is -0.294 e. The van der Waals surface area contributed by atoms with E-state index in [0.29, 0.717) is 19.8 Å². The number of rotatable bonds is 4. The molecule has 106 valence electrons. The minimum atomic E-state index is -0.364. The van der Waals surface area contributed by atoms with Crippen LogP contribution >= 0.6 is 34.5 Å². The van der Waals surface area contributed by atoms with Gasteiger partial charge in [-0.15, -0.1) is 11.3 Å². The van der Waals surface area contributed by atoms with Gasteiger partial charge in [-0.1, -0.05) is 23.2 Å². The van der Waals surface area contributed by atoms with Crippen LogP contribution in [-0.4, -0.2) is 26.2 Å². The second-order valence-electron chi connectivity index (χ2n) is 4.23. The fourth-order valence-electron chi connectivity index (χ4n) is 1.92. The molecule has 0 saturated heterocycles. The van der Waals surface area contributed by atoms with E-state index in [-0.39, 0.29) is 23.6 Å². The van der Waals surface area contributed by atoms with E-state index in [9.17, 15) is 9.59 Å². The maximum Gasteiger partial charge on any atom is 0.174 e. The topological polar surface area (TPSA) is 64.3 Å². The SMILES string of the molecule is O=C(CC(=O)c1cnn2ccncc12)c1cc(Cl)sc1Cl. The number of halogens is 2. The third-order valence-electron chi connectivity index (χ3n) is 2.90. The molecule has 0 aliphatic heterocycles. The van der Waals surface area contributed by atoms with Gasteiger partial charge in [-0.25, -0.2) is 4.52 Å². The number of nitrogens with zero attached hydrogens (tertiary/aromatic N) is 3. The molecule has 0 bridgehead atoms. The Balaban J connectivity index is 1.86. The molecule has 0 amide bonds. The number of hydrogen-bond acceptors (Lipinski definition) is 5. The molecule has 0 fully saturated rings. The molecule has 0 aromatic carbocycles. The second kappa shape index (κ2) is 5.55.